The van der Waals surface area contributed by atoms with Gasteiger partial charge < -0.3 is 10.2 Å². The molecule has 3 heterocycles. The average molecular weight is 362 g/mol. The van der Waals surface area contributed by atoms with E-state index in [0.29, 0.717) is 17.1 Å². The number of pyridine rings is 1. The van der Waals surface area contributed by atoms with Crippen LogP contribution in [-0.2, 0) is 0 Å². The lowest BCUT2D eigenvalue weighted by molar-refractivity contribution is 0.0957. The molecular weight excluding hydrogens is 331 g/mol. The van der Waals surface area contributed by atoms with Gasteiger partial charge in [0.25, 0.3) is 5.91 Å². The molecule has 0 radical (unpaired) electrons. The van der Waals surface area contributed by atoms with E-state index in [1.54, 1.807) is 12.1 Å². The standard InChI is InChI=1S/C20H31FN4O/c1-20(2,3)14-7-10-25(13-14)15-8-11-24(12-9-15)17-6-5-16(19(26)22-4)23-18(17)21/h5-6,14-15H,7-13H2,1-4H3,(H,22,26). The van der Waals surface area contributed by atoms with Crippen LogP contribution in [0, 0.1) is 17.3 Å². The number of nitrogens with zero attached hydrogens (tertiary/aromatic N) is 3. The maximum atomic E-state index is 14.4. The highest BCUT2D eigenvalue weighted by molar-refractivity contribution is 5.92. The molecule has 3 rings (SSSR count). The summed E-state index contributed by atoms with van der Waals surface area (Å²) >= 11 is 0. The van der Waals surface area contributed by atoms with Crippen molar-refractivity contribution in [3.8, 4) is 0 Å². The molecule has 2 fully saturated rings. The highest BCUT2D eigenvalue weighted by Crippen LogP contribution is 2.36. The number of nitrogens with one attached hydrogen (secondary N) is 1. The highest BCUT2D eigenvalue weighted by atomic mass is 19.1. The largest absolute Gasteiger partial charge is 0.368 e. The van der Waals surface area contributed by atoms with Crippen LogP contribution >= 0.6 is 0 Å². The molecule has 144 valence electrons. The second kappa shape index (κ2) is 7.51. The molecule has 1 unspecified atom stereocenters. The summed E-state index contributed by atoms with van der Waals surface area (Å²) in [6, 6.07) is 3.87. The van der Waals surface area contributed by atoms with Gasteiger partial charge in [0, 0.05) is 32.7 Å². The fourth-order valence-electron chi connectivity index (χ4n) is 4.22. The Balaban J connectivity index is 1.58. The Morgan fingerprint density at radius 1 is 1.19 bits per heavy atom. The maximum absolute atomic E-state index is 14.4. The predicted octanol–water partition coefficient (Wildman–Crippen LogP) is 2.92. The van der Waals surface area contributed by atoms with E-state index in [9.17, 15) is 9.18 Å². The molecule has 1 aromatic rings. The third-order valence-electron chi connectivity index (χ3n) is 6.05. The number of rotatable bonds is 3. The molecule has 0 aromatic carbocycles. The zero-order valence-electron chi connectivity index (χ0n) is 16.4. The molecule has 1 atom stereocenters. The average Bonchev–Trinajstić information content (AvgIpc) is 3.11. The number of carbonyl (C=O) groups is 1. The summed E-state index contributed by atoms with van der Waals surface area (Å²) in [4.78, 5) is 20.1. The van der Waals surface area contributed by atoms with Gasteiger partial charge in [-0.2, -0.15) is 4.39 Å². The molecule has 0 spiro atoms. The lowest BCUT2D eigenvalue weighted by Crippen LogP contribution is -2.44. The van der Waals surface area contributed by atoms with Gasteiger partial charge in [-0.1, -0.05) is 20.8 Å². The first-order chi connectivity index (χ1) is 12.3. The van der Waals surface area contributed by atoms with Crippen molar-refractivity contribution in [1.82, 2.24) is 15.2 Å². The molecule has 1 aromatic heterocycles. The summed E-state index contributed by atoms with van der Waals surface area (Å²) in [6.45, 7) is 11.0. The van der Waals surface area contributed by atoms with E-state index >= 15 is 0 Å². The zero-order valence-corrected chi connectivity index (χ0v) is 16.4. The SMILES string of the molecule is CNC(=O)c1ccc(N2CCC(N3CCC(C(C)(C)C)C3)CC2)c(F)n1. The van der Waals surface area contributed by atoms with E-state index < -0.39 is 5.95 Å². The van der Waals surface area contributed by atoms with Gasteiger partial charge in [-0.05, 0) is 49.3 Å². The second-order valence-electron chi connectivity index (χ2n) is 8.65. The van der Waals surface area contributed by atoms with Gasteiger partial charge in [-0.15, -0.1) is 0 Å². The van der Waals surface area contributed by atoms with E-state index in [-0.39, 0.29) is 11.6 Å². The lowest BCUT2D eigenvalue weighted by atomic mass is 9.80. The summed E-state index contributed by atoms with van der Waals surface area (Å²) in [5, 5.41) is 2.47. The van der Waals surface area contributed by atoms with Gasteiger partial charge in [0.15, 0.2) is 0 Å². The number of amides is 1. The summed E-state index contributed by atoms with van der Waals surface area (Å²) in [5.41, 5.74) is 0.996. The van der Waals surface area contributed by atoms with Crippen LogP contribution in [0.1, 0.15) is 50.5 Å². The highest BCUT2D eigenvalue weighted by Gasteiger charge is 2.36. The van der Waals surface area contributed by atoms with Gasteiger partial charge in [0.2, 0.25) is 5.95 Å². The minimum Gasteiger partial charge on any atom is -0.368 e. The molecule has 1 N–H and O–H groups in total. The van der Waals surface area contributed by atoms with Gasteiger partial charge in [0.1, 0.15) is 5.69 Å². The van der Waals surface area contributed by atoms with Crippen molar-refractivity contribution in [1.29, 1.82) is 0 Å². The molecular formula is C20H31FN4O. The third kappa shape index (κ3) is 4.00. The van der Waals surface area contributed by atoms with Crippen molar-refractivity contribution in [2.24, 2.45) is 11.3 Å². The molecule has 2 aliphatic rings. The van der Waals surface area contributed by atoms with Gasteiger partial charge in [-0.25, -0.2) is 4.98 Å². The summed E-state index contributed by atoms with van der Waals surface area (Å²) in [5.74, 6) is -0.158. The van der Waals surface area contributed by atoms with E-state index in [2.05, 4.69) is 40.9 Å². The normalized spacial score (nSPS) is 22.7. The predicted molar refractivity (Wildman–Crippen MR) is 102 cm³/mol. The Morgan fingerprint density at radius 2 is 1.88 bits per heavy atom. The first kappa shape index (κ1) is 19.1. The first-order valence-electron chi connectivity index (χ1n) is 9.67. The summed E-state index contributed by atoms with van der Waals surface area (Å²) < 4.78 is 14.4. The van der Waals surface area contributed by atoms with Crippen LogP contribution in [-0.4, -0.2) is 55.1 Å². The Bertz CT molecular complexity index is 650. The first-order valence-corrected chi connectivity index (χ1v) is 9.67. The monoisotopic (exact) mass is 362 g/mol. The fourth-order valence-corrected chi connectivity index (χ4v) is 4.22. The van der Waals surface area contributed by atoms with E-state index in [1.165, 1.54) is 26.6 Å². The van der Waals surface area contributed by atoms with Gasteiger partial charge in [0.05, 0.1) is 5.69 Å². The van der Waals surface area contributed by atoms with Gasteiger partial charge >= 0.3 is 0 Å². The Labute approximate surface area is 156 Å². The number of aromatic nitrogens is 1. The lowest BCUT2D eigenvalue weighted by Gasteiger charge is -2.38. The third-order valence-corrected chi connectivity index (χ3v) is 6.05. The van der Waals surface area contributed by atoms with Crippen molar-refractivity contribution in [2.75, 3.05) is 38.1 Å². The number of likely N-dealkylation sites (tertiary alicyclic amines) is 1. The van der Waals surface area contributed by atoms with Crippen LogP contribution in [0.4, 0.5) is 10.1 Å². The van der Waals surface area contributed by atoms with Crippen LogP contribution in [0.2, 0.25) is 0 Å². The van der Waals surface area contributed by atoms with Crippen LogP contribution in [0.3, 0.4) is 0 Å². The number of anilines is 1. The number of halogens is 1. The Morgan fingerprint density at radius 3 is 2.42 bits per heavy atom. The summed E-state index contributed by atoms with van der Waals surface area (Å²) in [7, 11) is 1.52. The van der Waals surface area contributed by atoms with Crippen molar-refractivity contribution >= 4 is 11.6 Å². The molecule has 2 saturated heterocycles. The molecule has 2 aliphatic heterocycles. The fraction of sp³-hybridized carbons (Fsp3) is 0.700. The minimum atomic E-state index is -0.557. The molecule has 5 nitrogen and oxygen atoms in total. The van der Waals surface area contributed by atoms with Crippen molar-refractivity contribution < 1.29 is 9.18 Å². The molecule has 26 heavy (non-hydrogen) atoms. The van der Waals surface area contributed by atoms with E-state index in [1.807, 2.05) is 0 Å². The van der Waals surface area contributed by atoms with Gasteiger partial charge in [-0.3, -0.25) is 9.69 Å². The molecule has 1 amide bonds. The molecule has 0 saturated carbocycles. The smallest absolute Gasteiger partial charge is 0.269 e. The quantitative estimate of drug-likeness (QED) is 0.840. The molecule has 0 bridgehead atoms. The molecule has 0 aliphatic carbocycles. The Kier molecular flexibility index (Phi) is 5.51. The topological polar surface area (TPSA) is 48.5 Å². The van der Waals surface area contributed by atoms with Crippen LogP contribution < -0.4 is 10.2 Å². The van der Waals surface area contributed by atoms with Crippen LogP contribution in [0.5, 0.6) is 0 Å². The Hall–Kier alpha value is -1.69. The maximum Gasteiger partial charge on any atom is 0.269 e. The minimum absolute atomic E-state index is 0.119. The number of hydrogen-bond acceptors (Lipinski definition) is 4. The number of piperidine rings is 1. The second-order valence-corrected chi connectivity index (χ2v) is 8.65. The van der Waals surface area contributed by atoms with E-state index in [0.717, 1.165) is 31.8 Å². The summed E-state index contributed by atoms with van der Waals surface area (Å²) in [6.07, 6.45) is 3.38. The number of carbonyl (C=O) groups excluding carboxylic acids is 1. The molecule has 6 heteroatoms. The van der Waals surface area contributed by atoms with Crippen molar-refractivity contribution in [3.05, 3.63) is 23.8 Å². The van der Waals surface area contributed by atoms with Crippen molar-refractivity contribution in [2.45, 2.75) is 46.1 Å². The number of hydrogen-bond donors (Lipinski definition) is 1. The van der Waals surface area contributed by atoms with Crippen LogP contribution in [0.25, 0.3) is 0 Å². The van der Waals surface area contributed by atoms with Crippen LogP contribution in [0.15, 0.2) is 12.1 Å². The van der Waals surface area contributed by atoms with Crippen molar-refractivity contribution in [3.63, 3.8) is 0 Å². The zero-order chi connectivity index (χ0) is 18.9. The van der Waals surface area contributed by atoms with E-state index in [4.69, 9.17) is 0 Å².